The van der Waals surface area contributed by atoms with Crippen LogP contribution >= 0.6 is 11.6 Å². The normalized spacial score (nSPS) is 22.6. The van der Waals surface area contributed by atoms with Crippen LogP contribution in [0.4, 0.5) is 4.79 Å². The zero-order valence-corrected chi connectivity index (χ0v) is 18.7. The van der Waals surface area contributed by atoms with Crippen LogP contribution in [0.2, 0.25) is 0 Å². The summed E-state index contributed by atoms with van der Waals surface area (Å²) in [7, 11) is 3.07. The van der Waals surface area contributed by atoms with Gasteiger partial charge in [0, 0.05) is 6.54 Å². The SMILES string of the molecule is CCOC(=O)N1CCc2cc(OC)c(OC)cc2C12C(=O)c1c(ccc3c1OCO3)C2Cl. The van der Waals surface area contributed by atoms with E-state index in [4.69, 9.17) is 35.3 Å². The first-order valence-electron chi connectivity index (χ1n) is 10.3. The van der Waals surface area contributed by atoms with Gasteiger partial charge in [0.05, 0.1) is 31.8 Å². The van der Waals surface area contributed by atoms with Gasteiger partial charge in [-0.25, -0.2) is 4.79 Å². The van der Waals surface area contributed by atoms with Crippen LogP contribution in [0.15, 0.2) is 24.3 Å². The molecule has 32 heavy (non-hydrogen) atoms. The van der Waals surface area contributed by atoms with E-state index in [0.717, 1.165) is 5.56 Å². The average molecular weight is 460 g/mol. The molecule has 2 aliphatic heterocycles. The first kappa shape index (κ1) is 20.8. The van der Waals surface area contributed by atoms with Crippen LogP contribution in [0.1, 0.15) is 39.3 Å². The van der Waals surface area contributed by atoms with Crippen molar-refractivity contribution in [1.29, 1.82) is 0 Å². The number of alkyl halides is 1. The molecule has 9 heteroatoms. The van der Waals surface area contributed by atoms with Gasteiger partial charge in [0.25, 0.3) is 0 Å². The van der Waals surface area contributed by atoms with Crippen molar-refractivity contribution in [3.63, 3.8) is 0 Å². The highest BCUT2D eigenvalue weighted by Crippen LogP contribution is 2.59. The first-order chi connectivity index (χ1) is 15.5. The van der Waals surface area contributed by atoms with Crippen molar-refractivity contribution in [2.45, 2.75) is 24.3 Å². The fourth-order valence-corrected chi connectivity index (χ4v) is 5.47. The van der Waals surface area contributed by atoms with E-state index in [1.165, 1.54) is 12.0 Å². The number of fused-ring (bicyclic) bond motifs is 5. The molecule has 2 aromatic carbocycles. The van der Waals surface area contributed by atoms with Crippen LogP contribution < -0.4 is 18.9 Å². The van der Waals surface area contributed by atoms with Crippen molar-refractivity contribution in [2.75, 3.05) is 34.2 Å². The Morgan fingerprint density at radius 2 is 1.97 bits per heavy atom. The number of halogens is 1. The predicted octanol–water partition coefficient (Wildman–Crippen LogP) is 3.82. The van der Waals surface area contributed by atoms with Gasteiger partial charge in [-0.1, -0.05) is 6.07 Å². The lowest BCUT2D eigenvalue weighted by Gasteiger charge is -2.46. The molecule has 0 fully saturated rings. The third-order valence-corrected chi connectivity index (χ3v) is 6.87. The summed E-state index contributed by atoms with van der Waals surface area (Å²) in [6, 6.07) is 7.06. The summed E-state index contributed by atoms with van der Waals surface area (Å²) in [5.74, 6) is 1.47. The van der Waals surface area contributed by atoms with Crippen LogP contribution in [0.25, 0.3) is 0 Å². The Morgan fingerprint density at radius 3 is 2.69 bits per heavy atom. The third-order valence-electron chi connectivity index (χ3n) is 6.32. The molecule has 0 N–H and O–H groups in total. The molecule has 8 nitrogen and oxygen atoms in total. The Morgan fingerprint density at radius 1 is 1.22 bits per heavy atom. The van der Waals surface area contributed by atoms with Gasteiger partial charge in [-0.2, -0.15) is 0 Å². The standard InChI is InChI=1S/C23H22ClNO7/c1-4-30-22(27)25-8-7-12-9-16(28-2)17(29-3)10-14(12)23(25)20(24)13-5-6-15-19(32-11-31-15)18(13)21(23)26/h5-6,9-10,20H,4,7-8,11H2,1-3H3. The molecule has 2 atom stereocenters. The van der Waals surface area contributed by atoms with Gasteiger partial charge >= 0.3 is 6.09 Å². The Labute approximate surface area is 189 Å². The smallest absolute Gasteiger partial charge is 0.410 e. The summed E-state index contributed by atoms with van der Waals surface area (Å²) in [4.78, 5) is 28.8. The minimum atomic E-state index is -1.52. The number of carbonyl (C=O) groups is 2. The van der Waals surface area contributed by atoms with Crippen molar-refractivity contribution in [3.05, 3.63) is 46.5 Å². The van der Waals surface area contributed by atoms with E-state index in [2.05, 4.69) is 0 Å². The summed E-state index contributed by atoms with van der Waals surface area (Å²) in [5.41, 5.74) is 0.826. The predicted molar refractivity (Wildman–Crippen MR) is 114 cm³/mol. The molecule has 0 saturated heterocycles. The molecule has 2 heterocycles. The highest BCUT2D eigenvalue weighted by atomic mass is 35.5. The molecule has 0 radical (unpaired) electrons. The molecule has 168 valence electrons. The third kappa shape index (κ3) is 2.56. The number of methoxy groups -OCH3 is 2. The van der Waals surface area contributed by atoms with Crippen molar-refractivity contribution in [3.8, 4) is 23.0 Å². The van der Waals surface area contributed by atoms with E-state index in [0.29, 0.717) is 46.1 Å². The number of ketones is 1. The number of carbonyl (C=O) groups excluding carboxylic acids is 2. The Bertz CT molecular complexity index is 1130. The topological polar surface area (TPSA) is 83.5 Å². The van der Waals surface area contributed by atoms with Crippen molar-refractivity contribution < 1.29 is 33.3 Å². The van der Waals surface area contributed by atoms with E-state index in [9.17, 15) is 9.59 Å². The number of hydrogen-bond donors (Lipinski definition) is 0. The van der Waals surface area contributed by atoms with E-state index in [-0.39, 0.29) is 25.7 Å². The maximum absolute atomic E-state index is 14.2. The molecule has 1 spiro atoms. The van der Waals surface area contributed by atoms with E-state index in [1.807, 2.05) is 6.07 Å². The van der Waals surface area contributed by atoms with Crippen molar-refractivity contribution in [2.24, 2.45) is 0 Å². The molecule has 5 rings (SSSR count). The Balaban J connectivity index is 1.79. The number of ether oxygens (including phenoxy) is 5. The largest absolute Gasteiger partial charge is 0.493 e. The summed E-state index contributed by atoms with van der Waals surface area (Å²) >= 11 is 7.07. The van der Waals surface area contributed by atoms with Gasteiger partial charge in [0.1, 0.15) is 0 Å². The number of benzene rings is 2. The molecular weight excluding hydrogens is 438 g/mol. The molecular formula is C23H22ClNO7. The van der Waals surface area contributed by atoms with Crippen LogP contribution in [0.3, 0.4) is 0 Å². The Kier molecular flexibility index (Phi) is 4.85. The van der Waals surface area contributed by atoms with Gasteiger partial charge in [-0.15, -0.1) is 11.6 Å². The van der Waals surface area contributed by atoms with E-state index < -0.39 is 17.0 Å². The number of rotatable bonds is 3. The Hall–Kier alpha value is -3.13. The monoisotopic (exact) mass is 459 g/mol. The molecule has 0 aromatic heterocycles. The molecule has 1 aliphatic carbocycles. The molecule has 3 aliphatic rings. The molecule has 0 saturated carbocycles. The molecule has 0 bridgehead atoms. The zero-order chi connectivity index (χ0) is 22.6. The van der Waals surface area contributed by atoms with Gasteiger partial charge in [-0.3, -0.25) is 9.69 Å². The van der Waals surface area contributed by atoms with Crippen LogP contribution in [0.5, 0.6) is 23.0 Å². The molecule has 2 aromatic rings. The zero-order valence-electron chi connectivity index (χ0n) is 17.9. The molecule has 1 amide bonds. The van der Waals surface area contributed by atoms with Gasteiger partial charge in [0.2, 0.25) is 6.79 Å². The van der Waals surface area contributed by atoms with Gasteiger partial charge < -0.3 is 23.7 Å². The quantitative estimate of drug-likeness (QED) is 0.645. The van der Waals surface area contributed by atoms with Crippen molar-refractivity contribution >= 4 is 23.5 Å². The van der Waals surface area contributed by atoms with Crippen LogP contribution in [-0.4, -0.2) is 50.9 Å². The van der Waals surface area contributed by atoms with Gasteiger partial charge in [-0.05, 0) is 48.2 Å². The van der Waals surface area contributed by atoms with Gasteiger partial charge in [0.15, 0.2) is 34.3 Å². The lowest BCUT2D eigenvalue weighted by molar-refractivity contribution is 0.0375. The van der Waals surface area contributed by atoms with Crippen molar-refractivity contribution in [1.82, 2.24) is 4.90 Å². The van der Waals surface area contributed by atoms with E-state index in [1.54, 1.807) is 32.2 Å². The lowest BCUT2D eigenvalue weighted by atomic mass is 9.77. The van der Waals surface area contributed by atoms with Crippen LogP contribution in [-0.2, 0) is 16.7 Å². The number of Topliss-reactive ketones (excluding diaryl/α,β-unsaturated/α-hetero) is 1. The summed E-state index contributed by atoms with van der Waals surface area (Å²) in [5, 5.41) is -0.874. The fraction of sp³-hybridized carbons (Fsp3) is 0.391. The molecule has 2 unspecified atom stereocenters. The second-order valence-corrected chi connectivity index (χ2v) is 8.12. The second kappa shape index (κ2) is 7.48. The number of hydrogen-bond acceptors (Lipinski definition) is 7. The number of nitrogens with zero attached hydrogens (tertiary/aromatic N) is 1. The number of amides is 1. The maximum Gasteiger partial charge on any atom is 0.410 e. The average Bonchev–Trinajstić information content (AvgIpc) is 3.36. The summed E-state index contributed by atoms with van der Waals surface area (Å²) < 4.78 is 27.4. The fourth-order valence-electron chi connectivity index (χ4n) is 4.96. The summed E-state index contributed by atoms with van der Waals surface area (Å²) in [6.07, 6.45) is -0.102. The maximum atomic E-state index is 14.2. The highest BCUT2D eigenvalue weighted by molar-refractivity contribution is 6.29. The minimum absolute atomic E-state index is 0.0161. The lowest BCUT2D eigenvalue weighted by Crippen LogP contribution is -2.58. The van der Waals surface area contributed by atoms with E-state index >= 15 is 0 Å². The highest BCUT2D eigenvalue weighted by Gasteiger charge is 2.63. The second-order valence-electron chi connectivity index (χ2n) is 7.69. The summed E-state index contributed by atoms with van der Waals surface area (Å²) in [6.45, 7) is 2.16. The first-order valence-corrected chi connectivity index (χ1v) is 10.7. The minimum Gasteiger partial charge on any atom is -0.493 e. The van der Waals surface area contributed by atoms with Crippen LogP contribution in [0, 0.1) is 0 Å².